The van der Waals surface area contributed by atoms with E-state index < -0.39 is 48.7 Å². The van der Waals surface area contributed by atoms with Crippen molar-refractivity contribution in [2.75, 3.05) is 23.8 Å². The van der Waals surface area contributed by atoms with Gasteiger partial charge in [-0.2, -0.15) is 13.3 Å². The van der Waals surface area contributed by atoms with Gasteiger partial charge in [-0.3, -0.25) is 24.5 Å². The molecule has 0 aliphatic heterocycles. The van der Waals surface area contributed by atoms with Crippen LogP contribution in [-0.2, 0) is 42.0 Å². The molecule has 0 bridgehead atoms. The third-order valence-electron chi connectivity index (χ3n) is 5.72. The van der Waals surface area contributed by atoms with Crippen LogP contribution in [0.5, 0.6) is 5.75 Å². The topological polar surface area (TPSA) is 188 Å². The number of hydrogen-bond donors (Lipinski definition) is 6. The minimum absolute atomic E-state index is 0. The van der Waals surface area contributed by atoms with Crippen LogP contribution in [0.3, 0.4) is 0 Å². The molecule has 1 heterocycles. The maximum absolute atomic E-state index is 12.7. The van der Waals surface area contributed by atoms with Gasteiger partial charge in [0, 0.05) is 38.7 Å². The summed E-state index contributed by atoms with van der Waals surface area (Å²) >= 11 is 1.02. The van der Waals surface area contributed by atoms with E-state index in [-0.39, 0.29) is 31.9 Å². The van der Waals surface area contributed by atoms with E-state index >= 15 is 0 Å². The van der Waals surface area contributed by atoms with Gasteiger partial charge in [-0.15, -0.1) is 11.3 Å². The molecule has 13 nitrogen and oxygen atoms in total. The number of benzene rings is 2. The first-order valence-corrected chi connectivity index (χ1v) is 14.3. The number of carboxylic acid groups (broad SMARTS) is 1. The third-order valence-corrected chi connectivity index (χ3v) is 6.48. The molecule has 1 unspecified atom stereocenters. The van der Waals surface area contributed by atoms with Crippen LogP contribution in [0.25, 0.3) is 0 Å². The van der Waals surface area contributed by atoms with E-state index in [1.54, 1.807) is 24.3 Å². The summed E-state index contributed by atoms with van der Waals surface area (Å²) in [7, 11) is 0. The Bertz CT molecular complexity index is 1390. The molecule has 1 aromatic heterocycles. The van der Waals surface area contributed by atoms with E-state index in [0.29, 0.717) is 24.6 Å². The number of carbonyl (C=O) groups is 5. The first-order valence-electron chi connectivity index (χ1n) is 13.4. The van der Waals surface area contributed by atoms with Gasteiger partial charge in [-0.1, -0.05) is 30.3 Å². The van der Waals surface area contributed by atoms with Crippen molar-refractivity contribution in [1.82, 2.24) is 20.9 Å². The van der Waals surface area contributed by atoms with E-state index in [1.165, 1.54) is 5.38 Å². The monoisotopic (exact) mass is 793 g/mol. The first-order chi connectivity index (χ1) is 20.7. The Hall–Kier alpha value is -4.29. The zero-order chi connectivity index (χ0) is 31.0. The van der Waals surface area contributed by atoms with E-state index in [1.807, 2.05) is 37.3 Å². The fraction of sp³-hybridized carbons (Fsp3) is 0.276. The SMILES string of the molecule is C[CH-]CCCOc1ccc(NC(=O)C(CC(=O)O)NC(=O)CNC(=O)c2csc(NC(=O)NCc3ccccc3)n2)cc1.[W]. The number of hydrogen-bond acceptors (Lipinski definition) is 8. The van der Waals surface area contributed by atoms with Crippen molar-refractivity contribution in [2.24, 2.45) is 0 Å². The Balaban J connectivity index is 0.00000675. The van der Waals surface area contributed by atoms with Gasteiger partial charge in [-0.05, 0) is 36.2 Å². The maximum atomic E-state index is 12.7. The van der Waals surface area contributed by atoms with Crippen LogP contribution in [0, 0.1) is 6.42 Å². The Morgan fingerprint density at radius 1 is 1.00 bits per heavy atom. The average Bonchev–Trinajstić information content (AvgIpc) is 3.46. The second-order valence-corrected chi connectivity index (χ2v) is 10.0. The number of aromatic nitrogens is 1. The second-order valence-electron chi connectivity index (χ2n) is 9.14. The van der Waals surface area contributed by atoms with Gasteiger partial charge >= 0.3 is 12.0 Å². The molecule has 2 aromatic carbocycles. The van der Waals surface area contributed by atoms with Crippen LogP contribution in [0.1, 0.15) is 42.2 Å². The number of aliphatic carboxylic acids is 1. The van der Waals surface area contributed by atoms with Crippen molar-refractivity contribution < 1.29 is 54.9 Å². The molecule has 15 heteroatoms. The minimum atomic E-state index is -1.40. The van der Waals surface area contributed by atoms with E-state index in [0.717, 1.165) is 29.7 Å². The zero-order valence-electron chi connectivity index (χ0n) is 23.8. The number of amides is 5. The number of rotatable bonds is 16. The molecule has 0 radical (unpaired) electrons. The summed E-state index contributed by atoms with van der Waals surface area (Å²) in [6.45, 7) is 2.29. The van der Waals surface area contributed by atoms with Crippen LogP contribution in [0.2, 0.25) is 0 Å². The summed E-state index contributed by atoms with van der Waals surface area (Å²) in [4.78, 5) is 65.1. The Labute approximate surface area is 272 Å². The number of carbonyl (C=O) groups excluding carboxylic acids is 4. The standard InChI is InChI=1S/C29H33N6O7S.W/c1-2-3-7-14-42-21-12-10-20(11-13-21)32-27(40)22(15-25(37)38)33-24(36)17-30-26(39)23-18-43-29(34-23)35-28(41)31-16-19-8-5-4-6-9-19;/h2,4-6,8-13,18,22H,3,7,14-17H2,1H3,(H,30,39)(H,32,40)(H,33,36)(H,37,38)(H2,31,34,35,41);/q-1;. The van der Waals surface area contributed by atoms with Gasteiger partial charge in [0.15, 0.2) is 5.13 Å². The molecule has 0 spiro atoms. The quantitative estimate of drug-likeness (QED) is 0.0943. The Kier molecular flexibility index (Phi) is 15.6. The summed E-state index contributed by atoms with van der Waals surface area (Å²) < 4.78 is 5.62. The number of carboxylic acids is 1. The normalized spacial score (nSPS) is 10.8. The number of nitrogens with zero attached hydrogens (tertiary/aromatic N) is 1. The van der Waals surface area contributed by atoms with Gasteiger partial charge in [0.25, 0.3) is 5.91 Å². The summed E-state index contributed by atoms with van der Waals surface area (Å²) in [5.41, 5.74) is 1.26. The summed E-state index contributed by atoms with van der Waals surface area (Å²) in [5.74, 6) is -2.90. The number of unbranched alkanes of at least 4 members (excludes halogenated alkanes) is 2. The van der Waals surface area contributed by atoms with Crippen molar-refractivity contribution in [3.05, 3.63) is 77.7 Å². The molecule has 0 aliphatic rings. The van der Waals surface area contributed by atoms with Crippen LogP contribution in [0.4, 0.5) is 15.6 Å². The van der Waals surface area contributed by atoms with Gasteiger partial charge in [0.1, 0.15) is 17.5 Å². The number of thiazole rings is 1. The van der Waals surface area contributed by atoms with Crippen molar-refractivity contribution in [2.45, 2.75) is 38.8 Å². The Morgan fingerprint density at radius 2 is 1.73 bits per heavy atom. The molecular formula is C29H33N6O7SW-. The smallest absolute Gasteiger partial charge is 0.321 e. The number of nitrogens with one attached hydrogen (secondary N) is 5. The molecule has 6 N–H and O–H groups in total. The van der Waals surface area contributed by atoms with Gasteiger partial charge in [0.05, 0.1) is 19.6 Å². The molecule has 0 aliphatic carbocycles. The van der Waals surface area contributed by atoms with Crippen molar-refractivity contribution in [1.29, 1.82) is 0 Å². The first kappa shape index (κ1) is 35.9. The Morgan fingerprint density at radius 3 is 2.41 bits per heavy atom. The molecule has 3 aromatic rings. The molecule has 3 rings (SSSR count). The summed E-state index contributed by atoms with van der Waals surface area (Å²) in [5, 5.41) is 23.3. The molecule has 0 saturated heterocycles. The maximum Gasteiger partial charge on any atom is 0.321 e. The predicted molar refractivity (Wildman–Crippen MR) is 161 cm³/mol. The predicted octanol–water partition coefficient (Wildman–Crippen LogP) is 3.17. The molecule has 5 amide bonds. The molecule has 0 fully saturated rings. The fourth-order valence-electron chi connectivity index (χ4n) is 3.58. The summed E-state index contributed by atoms with van der Waals surface area (Å²) in [6, 6.07) is 13.9. The molecule has 1 atom stereocenters. The van der Waals surface area contributed by atoms with Crippen molar-refractivity contribution in [3.63, 3.8) is 0 Å². The molecule has 234 valence electrons. The molecule has 0 saturated carbocycles. The number of ether oxygens (including phenoxy) is 1. The average molecular weight is 794 g/mol. The van der Waals surface area contributed by atoms with Crippen LogP contribution >= 0.6 is 11.3 Å². The van der Waals surface area contributed by atoms with Crippen molar-refractivity contribution >= 4 is 51.9 Å². The van der Waals surface area contributed by atoms with Crippen LogP contribution < -0.4 is 31.3 Å². The van der Waals surface area contributed by atoms with Crippen molar-refractivity contribution in [3.8, 4) is 5.75 Å². The van der Waals surface area contributed by atoms with Gasteiger partial charge in [0.2, 0.25) is 11.8 Å². The summed E-state index contributed by atoms with van der Waals surface area (Å²) in [6.07, 6.45) is 3.19. The molecular weight excluding hydrogens is 760 g/mol. The minimum Gasteiger partial charge on any atom is -0.494 e. The molecule has 44 heavy (non-hydrogen) atoms. The van der Waals surface area contributed by atoms with Gasteiger partial charge < -0.3 is 37.5 Å². The van der Waals surface area contributed by atoms with E-state index in [9.17, 15) is 29.1 Å². The van der Waals surface area contributed by atoms with E-state index in [4.69, 9.17) is 4.74 Å². The largest absolute Gasteiger partial charge is 0.494 e. The van der Waals surface area contributed by atoms with Gasteiger partial charge in [-0.25, -0.2) is 9.78 Å². The van der Waals surface area contributed by atoms with Crippen LogP contribution in [-0.4, -0.2) is 59.0 Å². The third kappa shape index (κ3) is 12.9. The number of urea groups is 1. The van der Waals surface area contributed by atoms with Crippen LogP contribution in [0.15, 0.2) is 60.0 Å². The zero-order valence-corrected chi connectivity index (χ0v) is 27.6. The second kappa shape index (κ2) is 19.1. The van der Waals surface area contributed by atoms with E-state index in [2.05, 4.69) is 38.0 Å². The fourth-order valence-corrected chi connectivity index (χ4v) is 4.26. The number of anilines is 2.